The molecule has 0 unspecified atom stereocenters. The third-order valence-corrected chi connectivity index (χ3v) is 5.00. The van der Waals surface area contributed by atoms with E-state index in [0.717, 1.165) is 36.7 Å². The number of carbonyl (C=O) groups excluding carboxylic acids is 1. The van der Waals surface area contributed by atoms with Gasteiger partial charge in [-0.1, -0.05) is 29.8 Å². The highest BCUT2D eigenvalue weighted by molar-refractivity contribution is 6.05. The Kier molecular flexibility index (Phi) is 4.18. The highest BCUT2D eigenvalue weighted by Crippen LogP contribution is 2.25. The van der Waals surface area contributed by atoms with E-state index in [9.17, 15) is 4.79 Å². The number of aromatic nitrogens is 2. The Bertz CT molecular complexity index is 899. The molecule has 1 amide bonds. The lowest BCUT2D eigenvalue weighted by Gasteiger charge is -2.25. The van der Waals surface area contributed by atoms with Crippen LogP contribution >= 0.6 is 0 Å². The summed E-state index contributed by atoms with van der Waals surface area (Å²) in [5, 5.41) is 0.830. The average Bonchev–Trinajstić information content (AvgIpc) is 3.10. The number of pyridine rings is 2. The van der Waals surface area contributed by atoms with E-state index in [1.807, 2.05) is 17.0 Å². The van der Waals surface area contributed by atoms with Crippen LogP contribution in [0.3, 0.4) is 0 Å². The predicted molar refractivity (Wildman–Crippen MR) is 98.5 cm³/mol. The molecule has 1 aliphatic rings. The molecule has 4 rings (SSSR count). The highest BCUT2D eigenvalue weighted by atomic mass is 16.2. The molecule has 0 radical (unpaired) electrons. The van der Waals surface area contributed by atoms with Gasteiger partial charge >= 0.3 is 0 Å². The van der Waals surface area contributed by atoms with Crippen molar-refractivity contribution < 1.29 is 4.79 Å². The standard InChI is InChI=1S/C21H21N3O/c1-15-4-6-16(7-5-15)13-17-3-2-12-24(17)21(25)18-8-11-23-20-9-10-22-14-19(18)20/h4-11,14,17H,2-3,12-13H2,1H3/t17-/m1/s1. The number of carbonyl (C=O) groups is 1. The molecule has 126 valence electrons. The number of fused-ring (bicyclic) bond motifs is 1. The third kappa shape index (κ3) is 3.12. The highest BCUT2D eigenvalue weighted by Gasteiger charge is 2.30. The number of rotatable bonds is 3. The van der Waals surface area contributed by atoms with Gasteiger partial charge < -0.3 is 4.90 Å². The molecule has 0 saturated carbocycles. The van der Waals surface area contributed by atoms with E-state index >= 15 is 0 Å². The first-order valence-electron chi connectivity index (χ1n) is 8.77. The van der Waals surface area contributed by atoms with Gasteiger partial charge in [0, 0.05) is 36.6 Å². The number of nitrogens with zero attached hydrogens (tertiary/aromatic N) is 3. The van der Waals surface area contributed by atoms with Crippen LogP contribution in [0, 0.1) is 6.92 Å². The van der Waals surface area contributed by atoms with E-state index in [0.29, 0.717) is 5.56 Å². The van der Waals surface area contributed by atoms with Crippen LogP contribution in [-0.2, 0) is 6.42 Å². The maximum atomic E-state index is 13.2. The summed E-state index contributed by atoms with van der Waals surface area (Å²) in [6.45, 7) is 2.91. The summed E-state index contributed by atoms with van der Waals surface area (Å²) in [7, 11) is 0. The van der Waals surface area contributed by atoms with E-state index in [1.165, 1.54) is 11.1 Å². The number of hydrogen-bond donors (Lipinski definition) is 0. The van der Waals surface area contributed by atoms with Crippen molar-refractivity contribution in [1.29, 1.82) is 0 Å². The molecule has 0 spiro atoms. The van der Waals surface area contributed by atoms with Crippen molar-refractivity contribution in [1.82, 2.24) is 14.9 Å². The molecule has 0 N–H and O–H groups in total. The van der Waals surface area contributed by atoms with E-state index < -0.39 is 0 Å². The molecule has 0 bridgehead atoms. The Hall–Kier alpha value is -2.75. The molecule has 1 atom stereocenters. The quantitative estimate of drug-likeness (QED) is 0.733. The van der Waals surface area contributed by atoms with Gasteiger partial charge in [-0.2, -0.15) is 0 Å². The molecule has 1 aromatic carbocycles. The number of benzene rings is 1. The third-order valence-electron chi connectivity index (χ3n) is 5.00. The van der Waals surface area contributed by atoms with Gasteiger partial charge in [0.05, 0.1) is 11.1 Å². The number of amides is 1. The lowest BCUT2D eigenvalue weighted by molar-refractivity contribution is 0.0738. The SMILES string of the molecule is Cc1ccc(C[C@H]2CCCN2C(=O)c2ccnc3ccncc23)cc1. The monoisotopic (exact) mass is 331 g/mol. The Morgan fingerprint density at radius 1 is 1.16 bits per heavy atom. The van der Waals surface area contributed by atoms with Crippen molar-refractivity contribution in [3.8, 4) is 0 Å². The fraction of sp³-hybridized carbons (Fsp3) is 0.286. The topological polar surface area (TPSA) is 46.1 Å². The molecule has 2 aromatic heterocycles. The summed E-state index contributed by atoms with van der Waals surface area (Å²) in [4.78, 5) is 23.7. The van der Waals surface area contributed by atoms with E-state index in [2.05, 4.69) is 41.2 Å². The zero-order valence-electron chi connectivity index (χ0n) is 14.4. The van der Waals surface area contributed by atoms with Crippen LogP contribution in [0.4, 0.5) is 0 Å². The van der Waals surface area contributed by atoms with Gasteiger partial charge in [0.1, 0.15) is 0 Å². The summed E-state index contributed by atoms with van der Waals surface area (Å²) in [6.07, 6.45) is 8.18. The van der Waals surface area contributed by atoms with Crippen LogP contribution < -0.4 is 0 Å². The van der Waals surface area contributed by atoms with Crippen LogP contribution in [0.1, 0.15) is 34.3 Å². The summed E-state index contributed by atoms with van der Waals surface area (Å²) in [5.41, 5.74) is 4.07. The second-order valence-corrected chi connectivity index (χ2v) is 6.74. The minimum atomic E-state index is 0.0926. The Morgan fingerprint density at radius 3 is 2.84 bits per heavy atom. The Labute approximate surface area is 147 Å². The van der Waals surface area contributed by atoms with Crippen molar-refractivity contribution >= 4 is 16.8 Å². The molecule has 4 nitrogen and oxygen atoms in total. The fourth-order valence-corrected chi connectivity index (χ4v) is 3.64. The lowest BCUT2D eigenvalue weighted by Crippen LogP contribution is -2.37. The van der Waals surface area contributed by atoms with Crippen molar-refractivity contribution in [3.05, 3.63) is 71.7 Å². The molecule has 1 aliphatic heterocycles. The van der Waals surface area contributed by atoms with Crippen molar-refractivity contribution in [2.24, 2.45) is 0 Å². The molecular weight excluding hydrogens is 310 g/mol. The first-order chi connectivity index (χ1) is 12.2. The fourth-order valence-electron chi connectivity index (χ4n) is 3.64. The van der Waals surface area contributed by atoms with Gasteiger partial charge in [-0.25, -0.2) is 0 Å². The van der Waals surface area contributed by atoms with Gasteiger partial charge in [-0.3, -0.25) is 14.8 Å². The Morgan fingerprint density at radius 2 is 2.00 bits per heavy atom. The number of likely N-dealkylation sites (tertiary alicyclic amines) is 1. The minimum absolute atomic E-state index is 0.0926. The second kappa shape index (κ2) is 6.63. The lowest BCUT2D eigenvalue weighted by atomic mass is 10.0. The maximum absolute atomic E-state index is 13.2. The van der Waals surface area contributed by atoms with Gasteiger partial charge in [0.2, 0.25) is 0 Å². The van der Waals surface area contributed by atoms with E-state index in [1.54, 1.807) is 18.6 Å². The van der Waals surface area contributed by atoms with Crippen LogP contribution in [0.25, 0.3) is 10.9 Å². The van der Waals surface area contributed by atoms with Crippen LogP contribution in [0.5, 0.6) is 0 Å². The van der Waals surface area contributed by atoms with Crippen LogP contribution in [-0.4, -0.2) is 33.4 Å². The maximum Gasteiger partial charge on any atom is 0.254 e. The van der Waals surface area contributed by atoms with Crippen molar-refractivity contribution in [2.45, 2.75) is 32.2 Å². The largest absolute Gasteiger partial charge is 0.335 e. The first kappa shape index (κ1) is 15.8. The molecule has 4 heteroatoms. The van der Waals surface area contributed by atoms with Crippen LogP contribution in [0.2, 0.25) is 0 Å². The molecular formula is C21H21N3O. The van der Waals surface area contributed by atoms with Gasteiger partial charge in [-0.05, 0) is 43.9 Å². The van der Waals surface area contributed by atoms with Gasteiger partial charge in [-0.15, -0.1) is 0 Å². The Balaban J connectivity index is 1.61. The summed E-state index contributed by atoms with van der Waals surface area (Å²) in [6, 6.07) is 12.5. The summed E-state index contributed by atoms with van der Waals surface area (Å²) < 4.78 is 0. The van der Waals surface area contributed by atoms with Crippen LogP contribution in [0.15, 0.2) is 55.0 Å². The smallest absolute Gasteiger partial charge is 0.254 e. The van der Waals surface area contributed by atoms with Gasteiger partial charge in [0.25, 0.3) is 5.91 Å². The van der Waals surface area contributed by atoms with E-state index in [4.69, 9.17) is 0 Å². The predicted octanol–water partition coefficient (Wildman–Crippen LogP) is 3.79. The zero-order valence-corrected chi connectivity index (χ0v) is 14.4. The zero-order chi connectivity index (χ0) is 17.2. The van der Waals surface area contributed by atoms with Crippen molar-refractivity contribution in [3.63, 3.8) is 0 Å². The molecule has 0 aliphatic carbocycles. The molecule has 3 aromatic rings. The summed E-state index contributed by atoms with van der Waals surface area (Å²) in [5.74, 6) is 0.0926. The summed E-state index contributed by atoms with van der Waals surface area (Å²) >= 11 is 0. The van der Waals surface area contributed by atoms with Gasteiger partial charge in [0.15, 0.2) is 0 Å². The minimum Gasteiger partial charge on any atom is -0.335 e. The number of hydrogen-bond acceptors (Lipinski definition) is 3. The molecule has 1 saturated heterocycles. The second-order valence-electron chi connectivity index (χ2n) is 6.74. The normalized spacial score (nSPS) is 17.2. The first-order valence-corrected chi connectivity index (χ1v) is 8.77. The van der Waals surface area contributed by atoms with Crippen molar-refractivity contribution in [2.75, 3.05) is 6.54 Å². The molecule has 25 heavy (non-hydrogen) atoms. The molecule has 3 heterocycles. The van der Waals surface area contributed by atoms with E-state index in [-0.39, 0.29) is 11.9 Å². The molecule has 1 fully saturated rings. The number of aryl methyl sites for hydroxylation is 1. The average molecular weight is 331 g/mol.